The molecule has 0 spiro atoms. The summed E-state index contributed by atoms with van der Waals surface area (Å²) in [7, 11) is 0. The minimum Gasteiger partial charge on any atom is -0.369 e. The summed E-state index contributed by atoms with van der Waals surface area (Å²) >= 11 is 11.7. The van der Waals surface area contributed by atoms with Gasteiger partial charge < -0.3 is 9.69 Å². The van der Waals surface area contributed by atoms with Crippen LogP contribution in [-0.4, -0.2) is 36.4 Å². The van der Waals surface area contributed by atoms with Gasteiger partial charge in [0.25, 0.3) is 0 Å². The van der Waals surface area contributed by atoms with Crippen LogP contribution < -0.4 is 4.90 Å². The quantitative estimate of drug-likeness (QED) is 0.333. The highest BCUT2D eigenvalue weighted by Gasteiger charge is 2.06. The fraction of sp³-hybridized carbons (Fsp3) is 0.600. The average molecular weight is 386 g/mol. The molecule has 5 heteroatoms. The van der Waals surface area contributed by atoms with Gasteiger partial charge in [0.05, 0.1) is 0 Å². The van der Waals surface area contributed by atoms with Crippen LogP contribution in [0, 0.1) is 0 Å². The van der Waals surface area contributed by atoms with Crippen LogP contribution in [0.5, 0.6) is 0 Å². The van der Waals surface area contributed by atoms with E-state index in [0.717, 1.165) is 44.5 Å². The standard InChI is InChI=1S/C20H29Cl2NO2/c1-17(24)5-2-3-7-20(25)8-4-6-18-9-11-19(12-10-18)23(15-13-21)16-14-22/h9-12H,2-8,13-16H2,1H3. The Morgan fingerprint density at radius 2 is 1.44 bits per heavy atom. The Hall–Kier alpha value is -1.06. The normalized spacial score (nSPS) is 10.7. The first-order valence-corrected chi connectivity index (χ1v) is 10.1. The van der Waals surface area contributed by atoms with E-state index in [9.17, 15) is 9.59 Å². The Labute approximate surface area is 161 Å². The summed E-state index contributed by atoms with van der Waals surface area (Å²) in [4.78, 5) is 24.9. The van der Waals surface area contributed by atoms with Crippen molar-refractivity contribution in [2.75, 3.05) is 29.7 Å². The summed E-state index contributed by atoms with van der Waals surface area (Å²) in [6.45, 7) is 3.16. The number of Topliss-reactive ketones (excluding diaryl/α,β-unsaturated/α-hetero) is 2. The predicted octanol–water partition coefficient (Wildman–Crippen LogP) is 5.01. The molecule has 0 aliphatic heterocycles. The Bertz CT molecular complexity index is 511. The molecule has 0 aromatic heterocycles. The van der Waals surface area contributed by atoms with Crippen molar-refractivity contribution in [3.8, 4) is 0 Å². The lowest BCUT2D eigenvalue weighted by Gasteiger charge is -2.23. The molecule has 140 valence electrons. The van der Waals surface area contributed by atoms with Crippen molar-refractivity contribution in [1.29, 1.82) is 0 Å². The Kier molecular flexibility index (Phi) is 11.6. The number of hydrogen-bond acceptors (Lipinski definition) is 3. The lowest BCUT2D eigenvalue weighted by atomic mass is 10.0. The highest BCUT2D eigenvalue weighted by atomic mass is 35.5. The van der Waals surface area contributed by atoms with Gasteiger partial charge in [-0.2, -0.15) is 0 Å². The number of rotatable bonds is 14. The third-order valence-corrected chi connectivity index (χ3v) is 4.50. The Balaban J connectivity index is 2.31. The molecule has 3 nitrogen and oxygen atoms in total. The van der Waals surface area contributed by atoms with Gasteiger partial charge in [-0.15, -0.1) is 23.2 Å². The molecule has 0 N–H and O–H groups in total. The lowest BCUT2D eigenvalue weighted by molar-refractivity contribution is -0.120. The van der Waals surface area contributed by atoms with Crippen LogP contribution >= 0.6 is 23.2 Å². The van der Waals surface area contributed by atoms with Gasteiger partial charge in [0, 0.05) is 49.8 Å². The fourth-order valence-corrected chi connectivity index (χ4v) is 3.17. The second-order valence-corrected chi connectivity index (χ2v) is 7.09. The molecule has 0 amide bonds. The molecular weight excluding hydrogens is 357 g/mol. The van der Waals surface area contributed by atoms with Gasteiger partial charge in [-0.25, -0.2) is 0 Å². The second kappa shape index (κ2) is 13.2. The number of carbonyl (C=O) groups is 2. The molecule has 0 atom stereocenters. The molecule has 0 bridgehead atoms. The zero-order valence-electron chi connectivity index (χ0n) is 15.1. The van der Waals surface area contributed by atoms with Crippen molar-refractivity contribution in [3.05, 3.63) is 29.8 Å². The number of benzene rings is 1. The highest BCUT2D eigenvalue weighted by molar-refractivity contribution is 6.18. The number of halogens is 2. The molecule has 1 rings (SSSR count). The summed E-state index contributed by atoms with van der Waals surface area (Å²) in [5.74, 6) is 1.66. The Morgan fingerprint density at radius 1 is 0.880 bits per heavy atom. The first-order valence-electron chi connectivity index (χ1n) is 9.03. The summed E-state index contributed by atoms with van der Waals surface area (Å²) in [5, 5.41) is 0. The number of carbonyl (C=O) groups excluding carboxylic acids is 2. The largest absolute Gasteiger partial charge is 0.369 e. The lowest BCUT2D eigenvalue weighted by Crippen LogP contribution is -2.27. The van der Waals surface area contributed by atoms with E-state index in [1.54, 1.807) is 6.92 Å². The summed E-state index contributed by atoms with van der Waals surface area (Å²) < 4.78 is 0. The first-order chi connectivity index (χ1) is 12.1. The van der Waals surface area contributed by atoms with Crippen LogP contribution in [0.3, 0.4) is 0 Å². The van der Waals surface area contributed by atoms with Gasteiger partial charge in [-0.3, -0.25) is 4.79 Å². The molecule has 0 aliphatic carbocycles. The van der Waals surface area contributed by atoms with E-state index in [4.69, 9.17) is 23.2 Å². The summed E-state index contributed by atoms with van der Waals surface area (Å²) in [6.07, 6.45) is 5.23. The highest BCUT2D eigenvalue weighted by Crippen LogP contribution is 2.17. The zero-order chi connectivity index (χ0) is 18.5. The molecule has 0 saturated heterocycles. The van der Waals surface area contributed by atoms with Crippen LogP contribution in [0.15, 0.2) is 24.3 Å². The van der Waals surface area contributed by atoms with E-state index in [-0.39, 0.29) is 5.78 Å². The topological polar surface area (TPSA) is 37.4 Å². The number of anilines is 1. The zero-order valence-corrected chi connectivity index (χ0v) is 16.6. The van der Waals surface area contributed by atoms with Gasteiger partial charge in [0.1, 0.15) is 11.6 Å². The molecule has 1 aromatic rings. The molecule has 0 fully saturated rings. The predicted molar refractivity (Wildman–Crippen MR) is 107 cm³/mol. The van der Waals surface area contributed by atoms with Gasteiger partial charge in [0.15, 0.2) is 0 Å². The monoisotopic (exact) mass is 385 g/mol. The molecule has 0 saturated carbocycles. The Morgan fingerprint density at radius 3 is 2.00 bits per heavy atom. The smallest absolute Gasteiger partial charge is 0.132 e. The minimum absolute atomic E-state index is 0.201. The second-order valence-electron chi connectivity index (χ2n) is 6.33. The van der Waals surface area contributed by atoms with Crippen molar-refractivity contribution < 1.29 is 9.59 Å². The number of unbranched alkanes of at least 4 members (excludes halogenated alkanes) is 1. The van der Waals surface area contributed by atoms with E-state index >= 15 is 0 Å². The maximum absolute atomic E-state index is 11.8. The van der Waals surface area contributed by atoms with Crippen molar-refractivity contribution in [3.63, 3.8) is 0 Å². The maximum atomic E-state index is 11.8. The molecule has 25 heavy (non-hydrogen) atoms. The number of ketones is 2. The molecular formula is C20H29Cl2NO2. The summed E-state index contributed by atoms with van der Waals surface area (Å²) in [5.41, 5.74) is 2.37. The van der Waals surface area contributed by atoms with E-state index in [2.05, 4.69) is 29.2 Å². The summed E-state index contributed by atoms with van der Waals surface area (Å²) in [6, 6.07) is 8.42. The van der Waals surface area contributed by atoms with Gasteiger partial charge in [-0.05, 0) is 50.3 Å². The van der Waals surface area contributed by atoms with Crippen molar-refractivity contribution in [2.45, 2.75) is 51.9 Å². The van der Waals surface area contributed by atoms with Crippen molar-refractivity contribution in [1.82, 2.24) is 0 Å². The molecule has 0 unspecified atom stereocenters. The number of aryl methyl sites for hydroxylation is 1. The average Bonchev–Trinajstić information content (AvgIpc) is 2.59. The van der Waals surface area contributed by atoms with Crippen molar-refractivity contribution >= 4 is 40.5 Å². The van der Waals surface area contributed by atoms with Gasteiger partial charge >= 0.3 is 0 Å². The fourth-order valence-electron chi connectivity index (χ4n) is 2.76. The van der Waals surface area contributed by atoms with Crippen LogP contribution in [0.2, 0.25) is 0 Å². The minimum atomic E-state index is 0.201. The van der Waals surface area contributed by atoms with Crippen molar-refractivity contribution in [2.24, 2.45) is 0 Å². The van der Waals surface area contributed by atoms with Crippen LogP contribution in [-0.2, 0) is 16.0 Å². The van der Waals surface area contributed by atoms with Gasteiger partial charge in [0.2, 0.25) is 0 Å². The molecule has 0 radical (unpaired) electrons. The number of nitrogens with zero attached hydrogens (tertiary/aromatic N) is 1. The third-order valence-electron chi connectivity index (χ3n) is 4.17. The molecule has 0 heterocycles. The number of hydrogen-bond donors (Lipinski definition) is 0. The molecule has 1 aromatic carbocycles. The number of alkyl halides is 2. The first kappa shape index (κ1) is 22.0. The van der Waals surface area contributed by atoms with Gasteiger partial charge in [-0.1, -0.05) is 12.1 Å². The van der Waals surface area contributed by atoms with E-state index in [1.165, 1.54) is 5.56 Å². The maximum Gasteiger partial charge on any atom is 0.132 e. The molecule has 0 aliphatic rings. The van der Waals surface area contributed by atoms with E-state index in [0.29, 0.717) is 36.8 Å². The third kappa shape index (κ3) is 9.86. The van der Waals surface area contributed by atoms with Crippen LogP contribution in [0.1, 0.15) is 51.0 Å². The van der Waals surface area contributed by atoms with Crippen LogP contribution in [0.25, 0.3) is 0 Å². The SMILES string of the molecule is CC(=O)CCCCC(=O)CCCc1ccc(N(CCCl)CCCl)cc1. The van der Waals surface area contributed by atoms with E-state index < -0.39 is 0 Å². The van der Waals surface area contributed by atoms with E-state index in [1.807, 2.05) is 0 Å². The van der Waals surface area contributed by atoms with Crippen LogP contribution in [0.4, 0.5) is 5.69 Å².